The molecule has 2 aromatic carbocycles. The number of aromatic nitrogens is 2. The molecular formula is C20H19FN2O3S. The van der Waals surface area contributed by atoms with E-state index in [1.807, 2.05) is 24.3 Å². The molecule has 5 nitrogen and oxygen atoms in total. The van der Waals surface area contributed by atoms with Crippen molar-refractivity contribution in [3.63, 3.8) is 0 Å². The van der Waals surface area contributed by atoms with Crippen molar-refractivity contribution in [2.75, 3.05) is 5.75 Å². The molecule has 0 saturated carbocycles. The molecule has 1 atom stereocenters. The van der Waals surface area contributed by atoms with E-state index in [0.717, 1.165) is 18.2 Å². The molecule has 0 aliphatic heterocycles. The van der Waals surface area contributed by atoms with Gasteiger partial charge in [0.15, 0.2) is 23.5 Å². The van der Waals surface area contributed by atoms with E-state index in [9.17, 15) is 9.18 Å². The maximum atomic E-state index is 13.7. The predicted octanol–water partition coefficient (Wildman–Crippen LogP) is 4.89. The van der Waals surface area contributed by atoms with E-state index in [1.165, 1.54) is 17.7 Å². The van der Waals surface area contributed by atoms with Gasteiger partial charge < -0.3 is 9.15 Å². The number of para-hydroxylation sites is 1. The molecule has 0 saturated heterocycles. The lowest BCUT2D eigenvalue weighted by Crippen LogP contribution is -2.04. The van der Waals surface area contributed by atoms with Crippen molar-refractivity contribution < 1.29 is 18.3 Å². The van der Waals surface area contributed by atoms with E-state index < -0.39 is 11.9 Å². The van der Waals surface area contributed by atoms with Gasteiger partial charge in [-0.1, -0.05) is 55.1 Å². The van der Waals surface area contributed by atoms with Gasteiger partial charge in [-0.3, -0.25) is 4.79 Å². The van der Waals surface area contributed by atoms with Gasteiger partial charge >= 0.3 is 0 Å². The van der Waals surface area contributed by atoms with Gasteiger partial charge in [0.2, 0.25) is 0 Å². The Hall–Kier alpha value is -2.67. The second-order valence-electron chi connectivity index (χ2n) is 5.86. The first kappa shape index (κ1) is 19.1. The number of nitrogens with zero attached hydrogens (tertiary/aromatic N) is 2. The van der Waals surface area contributed by atoms with Crippen LogP contribution < -0.4 is 4.74 Å². The van der Waals surface area contributed by atoms with Gasteiger partial charge in [-0.2, -0.15) is 0 Å². The number of carbonyl (C=O) groups excluding carboxylic acids is 1. The van der Waals surface area contributed by atoms with Crippen LogP contribution in [-0.2, 0) is 6.42 Å². The first-order valence-electron chi connectivity index (χ1n) is 8.56. The zero-order valence-corrected chi connectivity index (χ0v) is 15.8. The summed E-state index contributed by atoms with van der Waals surface area (Å²) in [4.78, 5) is 12.3. The fourth-order valence-corrected chi connectivity index (χ4v) is 3.03. The van der Waals surface area contributed by atoms with E-state index in [2.05, 4.69) is 17.1 Å². The Morgan fingerprint density at radius 1 is 1.19 bits per heavy atom. The second-order valence-corrected chi connectivity index (χ2v) is 6.79. The van der Waals surface area contributed by atoms with Crippen LogP contribution in [0.5, 0.6) is 5.75 Å². The minimum Gasteiger partial charge on any atom is -0.478 e. The highest BCUT2D eigenvalue weighted by atomic mass is 32.2. The SMILES string of the molecule is CCc1ccc(C(=O)CSc2nnc([C@H](C)Oc3ccccc3F)o2)cc1. The van der Waals surface area contributed by atoms with Gasteiger partial charge in [-0.05, 0) is 31.0 Å². The van der Waals surface area contributed by atoms with Crippen molar-refractivity contribution in [1.82, 2.24) is 10.2 Å². The maximum absolute atomic E-state index is 13.7. The average Bonchev–Trinajstić information content (AvgIpc) is 3.17. The number of hydrogen-bond acceptors (Lipinski definition) is 6. The van der Waals surface area contributed by atoms with Crippen molar-refractivity contribution in [1.29, 1.82) is 0 Å². The van der Waals surface area contributed by atoms with Crippen LogP contribution >= 0.6 is 11.8 Å². The van der Waals surface area contributed by atoms with Crippen LogP contribution in [0.25, 0.3) is 0 Å². The fourth-order valence-electron chi connectivity index (χ4n) is 2.36. The van der Waals surface area contributed by atoms with Crippen LogP contribution in [0, 0.1) is 5.82 Å². The van der Waals surface area contributed by atoms with Gasteiger partial charge in [-0.15, -0.1) is 10.2 Å². The Morgan fingerprint density at radius 2 is 1.93 bits per heavy atom. The minimum absolute atomic E-state index is 0.0157. The van der Waals surface area contributed by atoms with E-state index in [0.29, 0.717) is 5.56 Å². The fraction of sp³-hybridized carbons (Fsp3) is 0.250. The molecule has 3 aromatic rings. The first-order chi connectivity index (χ1) is 13.1. The molecule has 0 unspecified atom stereocenters. The van der Waals surface area contributed by atoms with Gasteiger partial charge in [0.25, 0.3) is 11.1 Å². The topological polar surface area (TPSA) is 65.2 Å². The lowest BCUT2D eigenvalue weighted by molar-refractivity contribution is 0.102. The molecule has 0 aliphatic carbocycles. The highest BCUT2D eigenvalue weighted by molar-refractivity contribution is 7.99. The number of ether oxygens (including phenoxy) is 1. The number of hydrogen-bond donors (Lipinski definition) is 0. The number of aryl methyl sites for hydroxylation is 1. The molecule has 3 rings (SSSR count). The third-order valence-corrected chi connectivity index (χ3v) is 4.74. The molecule has 0 bridgehead atoms. The zero-order chi connectivity index (χ0) is 19.2. The highest BCUT2D eigenvalue weighted by Crippen LogP contribution is 2.26. The number of carbonyl (C=O) groups is 1. The van der Waals surface area contributed by atoms with E-state index >= 15 is 0 Å². The van der Waals surface area contributed by atoms with E-state index in [1.54, 1.807) is 19.1 Å². The molecule has 0 spiro atoms. The van der Waals surface area contributed by atoms with Crippen LogP contribution in [0.15, 0.2) is 58.2 Å². The van der Waals surface area contributed by atoms with Gasteiger partial charge in [0.05, 0.1) is 5.75 Å². The monoisotopic (exact) mass is 386 g/mol. The van der Waals surface area contributed by atoms with Crippen molar-refractivity contribution in [2.45, 2.75) is 31.6 Å². The van der Waals surface area contributed by atoms with Crippen molar-refractivity contribution in [3.8, 4) is 5.75 Å². The largest absolute Gasteiger partial charge is 0.478 e. The second kappa shape index (κ2) is 8.81. The van der Waals surface area contributed by atoms with Crippen LogP contribution in [0.2, 0.25) is 0 Å². The summed E-state index contributed by atoms with van der Waals surface area (Å²) in [6.45, 7) is 3.76. The summed E-state index contributed by atoms with van der Waals surface area (Å²) in [6, 6.07) is 13.7. The summed E-state index contributed by atoms with van der Waals surface area (Å²) in [5.74, 6) is 0.0511. The molecule has 7 heteroatoms. The third-order valence-electron chi connectivity index (χ3n) is 3.92. The maximum Gasteiger partial charge on any atom is 0.277 e. The lowest BCUT2D eigenvalue weighted by Gasteiger charge is -2.11. The number of benzene rings is 2. The molecule has 0 radical (unpaired) electrons. The van der Waals surface area contributed by atoms with Gasteiger partial charge in [0, 0.05) is 5.56 Å². The quantitative estimate of drug-likeness (QED) is 0.406. The number of thioether (sulfide) groups is 1. The Bertz CT molecular complexity index is 912. The predicted molar refractivity (Wildman–Crippen MR) is 101 cm³/mol. The summed E-state index contributed by atoms with van der Waals surface area (Å²) in [6.07, 6.45) is 0.322. The molecule has 0 fully saturated rings. The van der Waals surface area contributed by atoms with Crippen molar-refractivity contribution in [3.05, 3.63) is 71.4 Å². The summed E-state index contributed by atoms with van der Waals surface area (Å²) >= 11 is 1.16. The van der Waals surface area contributed by atoms with Crippen LogP contribution in [0.1, 0.15) is 41.8 Å². The van der Waals surface area contributed by atoms with Crippen molar-refractivity contribution >= 4 is 17.5 Å². The number of halogens is 1. The molecule has 0 aliphatic rings. The number of rotatable bonds is 8. The minimum atomic E-state index is -0.610. The first-order valence-corrected chi connectivity index (χ1v) is 9.55. The average molecular weight is 386 g/mol. The number of ketones is 1. The molecule has 1 heterocycles. The standard InChI is InChI=1S/C20H19FN2O3S/c1-3-14-8-10-15(11-9-14)17(24)12-27-20-23-22-19(26-20)13(2)25-18-7-5-4-6-16(18)21/h4-11,13H,3,12H2,1-2H3/t13-/m0/s1. The zero-order valence-electron chi connectivity index (χ0n) is 15.0. The Morgan fingerprint density at radius 3 is 2.63 bits per heavy atom. The summed E-state index contributed by atoms with van der Waals surface area (Å²) < 4.78 is 24.7. The number of Topliss-reactive ketones (excluding diaryl/α,β-unsaturated/α-hetero) is 1. The molecule has 0 amide bonds. The summed E-state index contributed by atoms with van der Waals surface area (Å²) in [5.41, 5.74) is 1.83. The van der Waals surface area contributed by atoms with E-state index in [4.69, 9.17) is 9.15 Å². The van der Waals surface area contributed by atoms with Crippen molar-refractivity contribution in [2.24, 2.45) is 0 Å². The van der Waals surface area contributed by atoms with Gasteiger partial charge in [0.1, 0.15) is 0 Å². The smallest absolute Gasteiger partial charge is 0.277 e. The molecule has 140 valence electrons. The van der Waals surface area contributed by atoms with Crippen LogP contribution in [0.3, 0.4) is 0 Å². The molecular weight excluding hydrogens is 367 g/mol. The van der Waals surface area contributed by atoms with E-state index in [-0.39, 0.29) is 28.4 Å². The normalized spacial score (nSPS) is 12.0. The Balaban J connectivity index is 1.57. The van der Waals surface area contributed by atoms with Gasteiger partial charge in [-0.25, -0.2) is 4.39 Å². The van der Waals surface area contributed by atoms with Crippen LogP contribution in [-0.4, -0.2) is 21.7 Å². The molecule has 0 N–H and O–H groups in total. The lowest BCUT2D eigenvalue weighted by atomic mass is 10.1. The third kappa shape index (κ3) is 4.95. The Labute approximate surface area is 161 Å². The van der Waals surface area contributed by atoms with Crippen LogP contribution in [0.4, 0.5) is 4.39 Å². The summed E-state index contributed by atoms with van der Waals surface area (Å²) in [5, 5.41) is 8.10. The summed E-state index contributed by atoms with van der Waals surface area (Å²) in [7, 11) is 0. The Kier molecular flexibility index (Phi) is 6.24. The highest BCUT2D eigenvalue weighted by Gasteiger charge is 2.18. The molecule has 1 aromatic heterocycles. The molecule has 27 heavy (non-hydrogen) atoms.